The molecule has 0 fully saturated rings. The molecule has 0 radical (unpaired) electrons. The third kappa shape index (κ3) is 2.91. The zero-order chi connectivity index (χ0) is 16.4. The van der Waals surface area contributed by atoms with E-state index in [1.165, 1.54) is 15.8 Å². The van der Waals surface area contributed by atoms with Crippen molar-refractivity contribution in [2.45, 2.75) is 6.54 Å². The number of rotatable bonds is 4. The van der Waals surface area contributed by atoms with Crippen LogP contribution in [-0.4, -0.2) is 4.57 Å². The largest absolute Gasteiger partial charge is 0.327 e. The first-order chi connectivity index (χ1) is 11.8. The van der Waals surface area contributed by atoms with Crippen molar-refractivity contribution in [2.24, 2.45) is 0 Å². The van der Waals surface area contributed by atoms with Crippen LogP contribution in [0.15, 0.2) is 72.1 Å². The Balaban J connectivity index is 1.81. The highest BCUT2D eigenvalue weighted by atomic mass is 35.5. The molecule has 2 aromatic carbocycles. The molecule has 3 heteroatoms. The first-order valence-corrected chi connectivity index (χ1v) is 9.11. The van der Waals surface area contributed by atoms with Gasteiger partial charge in [0.15, 0.2) is 0 Å². The maximum atomic E-state index is 6.76. The molecule has 0 aliphatic heterocycles. The van der Waals surface area contributed by atoms with Gasteiger partial charge in [0.2, 0.25) is 0 Å². The minimum absolute atomic E-state index is 0.771. The minimum Gasteiger partial charge on any atom is -0.327 e. The molecule has 0 saturated heterocycles. The van der Waals surface area contributed by atoms with Crippen LogP contribution in [0, 0.1) is 0 Å². The molecule has 2 aromatic heterocycles. The number of nitrogens with zero attached hydrogens (tertiary/aromatic N) is 1. The second-order valence-electron chi connectivity index (χ2n) is 5.64. The lowest BCUT2D eigenvalue weighted by Crippen LogP contribution is -1.99. The van der Waals surface area contributed by atoms with Crippen LogP contribution in [0.4, 0.5) is 0 Å². The van der Waals surface area contributed by atoms with Crippen LogP contribution in [0.1, 0.15) is 16.0 Å². The number of benzene rings is 2. The first-order valence-electron chi connectivity index (χ1n) is 7.85. The lowest BCUT2D eigenvalue weighted by atomic mass is 10.1. The molecule has 0 spiro atoms. The fraction of sp³-hybridized carbons (Fsp3) is 0.0476. The van der Waals surface area contributed by atoms with E-state index in [1.807, 2.05) is 6.07 Å². The van der Waals surface area contributed by atoms with Gasteiger partial charge in [-0.2, -0.15) is 0 Å². The molecule has 0 bridgehead atoms. The fourth-order valence-corrected chi connectivity index (χ4v) is 3.86. The SMILES string of the molecule is Clc1c(/C=C/c2cccs2)c2ccccc2n1Cc1ccccc1. The topological polar surface area (TPSA) is 4.93 Å². The van der Waals surface area contributed by atoms with Crippen LogP contribution in [-0.2, 0) is 6.54 Å². The zero-order valence-corrected chi connectivity index (χ0v) is 14.6. The lowest BCUT2D eigenvalue weighted by Gasteiger charge is -2.07. The molecular formula is C21H16ClNS. The van der Waals surface area contributed by atoms with E-state index in [9.17, 15) is 0 Å². The van der Waals surface area contributed by atoms with Gasteiger partial charge in [-0.1, -0.05) is 66.2 Å². The van der Waals surface area contributed by atoms with Gasteiger partial charge in [-0.25, -0.2) is 0 Å². The van der Waals surface area contributed by atoms with Gasteiger partial charge in [-0.05, 0) is 35.2 Å². The molecule has 2 heterocycles. The standard InChI is InChI=1S/C21H16ClNS/c22-21-19(13-12-17-9-6-14-24-17)18-10-4-5-11-20(18)23(21)15-16-7-2-1-3-8-16/h1-14H,15H2/b13-12+. The molecule has 118 valence electrons. The number of hydrogen-bond acceptors (Lipinski definition) is 1. The Hall–Kier alpha value is -2.29. The molecule has 0 saturated carbocycles. The maximum Gasteiger partial charge on any atom is 0.117 e. The van der Waals surface area contributed by atoms with Crippen molar-refractivity contribution < 1.29 is 0 Å². The van der Waals surface area contributed by atoms with E-state index in [-0.39, 0.29) is 0 Å². The van der Waals surface area contributed by atoms with E-state index >= 15 is 0 Å². The van der Waals surface area contributed by atoms with Crippen LogP contribution < -0.4 is 0 Å². The Morgan fingerprint density at radius 2 is 1.67 bits per heavy atom. The second kappa shape index (κ2) is 6.68. The van der Waals surface area contributed by atoms with E-state index in [0.29, 0.717) is 0 Å². The van der Waals surface area contributed by atoms with Crippen LogP contribution in [0.5, 0.6) is 0 Å². The normalized spacial score (nSPS) is 11.5. The number of aromatic nitrogens is 1. The van der Waals surface area contributed by atoms with Crippen molar-refractivity contribution >= 4 is 46.0 Å². The molecular weight excluding hydrogens is 334 g/mol. The number of hydrogen-bond donors (Lipinski definition) is 0. The van der Waals surface area contributed by atoms with Gasteiger partial charge in [0, 0.05) is 22.4 Å². The molecule has 0 atom stereocenters. The summed E-state index contributed by atoms with van der Waals surface area (Å²) in [7, 11) is 0. The number of thiophene rings is 1. The van der Waals surface area contributed by atoms with Crippen molar-refractivity contribution in [1.82, 2.24) is 4.57 Å². The highest BCUT2D eigenvalue weighted by Gasteiger charge is 2.13. The van der Waals surface area contributed by atoms with Gasteiger partial charge in [0.25, 0.3) is 0 Å². The second-order valence-corrected chi connectivity index (χ2v) is 6.98. The summed E-state index contributed by atoms with van der Waals surface area (Å²) in [6, 6.07) is 23.0. The quantitative estimate of drug-likeness (QED) is 0.392. The molecule has 4 aromatic rings. The Labute approximate surface area is 150 Å². The fourth-order valence-electron chi connectivity index (χ4n) is 2.93. The van der Waals surface area contributed by atoms with Crippen molar-refractivity contribution in [3.8, 4) is 0 Å². The van der Waals surface area contributed by atoms with Crippen molar-refractivity contribution in [1.29, 1.82) is 0 Å². The predicted molar refractivity (Wildman–Crippen MR) is 106 cm³/mol. The maximum absolute atomic E-state index is 6.76. The summed E-state index contributed by atoms with van der Waals surface area (Å²) < 4.78 is 2.18. The Bertz CT molecular complexity index is 982. The van der Waals surface area contributed by atoms with Gasteiger partial charge in [0.05, 0.1) is 5.52 Å². The Morgan fingerprint density at radius 3 is 2.46 bits per heavy atom. The van der Waals surface area contributed by atoms with Crippen LogP contribution in [0.2, 0.25) is 5.15 Å². The lowest BCUT2D eigenvalue weighted by molar-refractivity contribution is 0.837. The molecule has 0 N–H and O–H groups in total. The molecule has 0 unspecified atom stereocenters. The summed E-state index contributed by atoms with van der Waals surface area (Å²) in [6.45, 7) is 0.771. The van der Waals surface area contributed by atoms with E-state index < -0.39 is 0 Å². The molecule has 0 aliphatic rings. The Kier molecular flexibility index (Phi) is 4.24. The monoisotopic (exact) mass is 349 g/mol. The van der Waals surface area contributed by atoms with Crippen molar-refractivity contribution in [3.63, 3.8) is 0 Å². The van der Waals surface area contributed by atoms with Gasteiger partial charge in [-0.3, -0.25) is 0 Å². The van der Waals surface area contributed by atoms with Gasteiger partial charge in [0.1, 0.15) is 5.15 Å². The third-order valence-corrected chi connectivity index (χ3v) is 5.33. The first kappa shape index (κ1) is 15.3. The third-order valence-electron chi connectivity index (χ3n) is 4.09. The number of fused-ring (bicyclic) bond motifs is 1. The van der Waals surface area contributed by atoms with Crippen LogP contribution >= 0.6 is 22.9 Å². The smallest absolute Gasteiger partial charge is 0.117 e. The number of para-hydroxylation sites is 1. The summed E-state index contributed by atoms with van der Waals surface area (Å²) in [5, 5.41) is 4.05. The van der Waals surface area contributed by atoms with E-state index in [2.05, 4.69) is 82.8 Å². The van der Waals surface area contributed by atoms with Crippen molar-refractivity contribution in [2.75, 3.05) is 0 Å². The summed E-state index contributed by atoms with van der Waals surface area (Å²) in [6.07, 6.45) is 4.25. The minimum atomic E-state index is 0.771. The van der Waals surface area contributed by atoms with E-state index in [4.69, 9.17) is 11.6 Å². The van der Waals surface area contributed by atoms with Crippen molar-refractivity contribution in [3.05, 3.63) is 93.3 Å². The van der Waals surface area contributed by atoms with Crippen LogP contribution in [0.3, 0.4) is 0 Å². The molecule has 1 nitrogen and oxygen atoms in total. The summed E-state index contributed by atoms with van der Waals surface area (Å²) in [5.74, 6) is 0. The highest BCUT2D eigenvalue weighted by molar-refractivity contribution is 7.10. The van der Waals surface area contributed by atoms with Crippen LogP contribution in [0.25, 0.3) is 23.1 Å². The van der Waals surface area contributed by atoms with Gasteiger partial charge >= 0.3 is 0 Å². The molecule has 0 amide bonds. The van der Waals surface area contributed by atoms with Gasteiger partial charge < -0.3 is 4.57 Å². The molecule has 24 heavy (non-hydrogen) atoms. The summed E-state index contributed by atoms with van der Waals surface area (Å²) in [5.41, 5.74) is 3.49. The highest BCUT2D eigenvalue weighted by Crippen LogP contribution is 2.32. The zero-order valence-electron chi connectivity index (χ0n) is 13.0. The molecule has 0 aliphatic carbocycles. The van der Waals surface area contributed by atoms with E-state index in [0.717, 1.165) is 22.8 Å². The average Bonchev–Trinajstić information content (AvgIpc) is 3.22. The molecule has 4 rings (SSSR count). The number of halogens is 1. The van der Waals surface area contributed by atoms with Gasteiger partial charge in [-0.15, -0.1) is 11.3 Å². The van der Waals surface area contributed by atoms with E-state index in [1.54, 1.807) is 11.3 Å². The summed E-state index contributed by atoms with van der Waals surface area (Å²) >= 11 is 8.48. The Morgan fingerprint density at radius 1 is 0.875 bits per heavy atom. The average molecular weight is 350 g/mol. The predicted octanol–water partition coefficient (Wildman–Crippen LogP) is 6.57. The summed E-state index contributed by atoms with van der Waals surface area (Å²) in [4.78, 5) is 1.23.